The van der Waals surface area contributed by atoms with Crippen LogP contribution in [0.25, 0.3) is 0 Å². The van der Waals surface area contributed by atoms with E-state index >= 15 is 0 Å². The van der Waals surface area contributed by atoms with Gasteiger partial charge in [-0.1, -0.05) is 6.92 Å². The minimum absolute atomic E-state index is 0.161. The van der Waals surface area contributed by atoms with Gasteiger partial charge in [-0.25, -0.2) is 4.98 Å². The van der Waals surface area contributed by atoms with Crippen molar-refractivity contribution in [2.75, 3.05) is 13.2 Å². The number of aliphatic hydroxyl groups is 1. The molecule has 5 heteroatoms. The highest BCUT2D eigenvalue weighted by atomic mass is 16.3. The molecule has 13 heavy (non-hydrogen) atoms. The summed E-state index contributed by atoms with van der Waals surface area (Å²) < 4.78 is 1.76. The van der Waals surface area contributed by atoms with Crippen molar-refractivity contribution >= 4 is 0 Å². The summed E-state index contributed by atoms with van der Waals surface area (Å²) in [6.45, 7) is 3.86. The first-order valence-corrected chi connectivity index (χ1v) is 4.53. The normalized spacial score (nSPS) is 13.1. The molecule has 1 heterocycles. The Morgan fingerprint density at radius 1 is 1.62 bits per heavy atom. The number of aliphatic hydroxyl groups excluding tert-OH is 1. The largest absolute Gasteiger partial charge is 0.395 e. The highest BCUT2D eigenvalue weighted by Crippen LogP contribution is 1.93. The van der Waals surface area contributed by atoms with Crippen LogP contribution in [0, 0.1) is 0 Å². The third-order valence-corrected chi connectivity index (χ3v) is 1.89. The van der Waals surface area contributed by atoms with Crippen LogP contribution < -0.4 is 5.32 Å². The van der Waals surface area contributed by atoms with Gasteiger partial charge >= 0.3 is 0 Å². The van der Waals surface area contributed by atoms with Gasteiger partial charge in [0, 0.05) is 12.6 Å². The molecule has 0 aliphatic rings. The van der Waals surface area contributed by atoms with Gasteiger partial charge in [0.05, 0.1) is 6.61 Å². The van der Waals surface area contributed by atoms with Crippen molar-refractivity contribution in [3.05, 3.63) is 12.7 Å². The Labute approximate surface area is 77.8 Å². The molecule has 1 unspecified atom stereocenters. The lowest BCUT2D eigenvalue weighted by Crippen LogP contribution is -2.33. The first-order valence-electron chi connectivity index (χ1n) is 4.53. The molecule has 0 saturated carbocycles. The third-order valence-electron chi connectivity index (χ3n) is 1.89. The van der Waals surface area contributed by atoms with Gasteiger partial charge in [0.25, 0.3) is 0 Å². The molecule has 0 aromatic carbocycles. The summed E-state index contributed by atoms with van der Waals surface area (Å²) in [6, 6.07) is 0.161. The molecule has 1 atom stereocenters. The Morgan fingerprint density at radius 3 is 3.00 bits per heavy atom. The Balaban J connectivity index is 2.23. The number of rotatable bonds is 6. The molecule has 5 nitrogen and oxygen atoms in total. The quantitative estimate of drug-likeness (QED) is 0.633. The van der Waals surface area contributed by atoms with Crippen molar-refractivity contribution in [3.63, 3.8) is 0 Å². The van der Waals surface area contributed by atoms with Crippen LogP contribution in [0.15, 0.2) is 12.7 Å². The zero-order chi connectivity index (χ0) is 9.52. The summed E-state index contributed by atoms with van der Waals surface area (Å²) in [6.07, 6.45) is 4.06. The van der Waals surface area contributed by atoms with E-state index in [1.165, 1.54) is 6.33 Å². The van der Waals surface area contributed by atoms with E-state index < -0.39 is 0 Å². The summed E-state index contributed by atoms with van der Waals surface area (Å²) >= 11 is 0. The summed E-state index contributed by atoms with van der Waals surface area (Å²) in [5.41, 5.74) is 0. The topological polar surface area (TPSA) is 63.0 Å². The molecule has 1 aromatic heterocycles. The molecule has 0 amide bonds. The number of nitrogens with zero attached hydrogens (tertiary/aromatic N) is 3. The maximum absolute atomic E-state index is 8.98. The molecule has 1 rings (SSSR count). The van der Waals surface area contributed by atoms with E-state index in [9.17, 15) is 0 Å². The van der Waals surface area contributed by atoms with Crippen molar-refractivity contribution in [2.45, 2.75) is 25.9 Å². The Bertz CT molecular complexity index is 212. The van der Waals surface area contributed by atoms with E-state index in [0.29, 0.717) is 0 Å². The number of aryl methyl sites for hydroxylation is 1. The number of aromatic nitrogens is 3. The fourth-order valence-corrected chi connectivity index (χ4v) is 1.18. The molecule has 0 bridgehead atoms. The van der Waals surface area contributed by atoms with Gasteiger partial charge in [-0.05, 0) is 13.0 Å². The van der Waals surface area contributed by atoms with Crippen molar-refractivity contribution in [3.8, 4) is 0 Å². The van der Waals surface area contributed by atoms with Crippen LogP contribution in [0.3, 0.4) is 0 Å². The number of nitrogens with one attached hydrogen (secondary N) is 1. The zero-order valence-corrected chi connectivity index (χ0v) is 7.85. The minimum atomic E-state index is 0.161. The average molecular weight is 184 g/mol. The van der Waals surface area contributed by atoms with Crippen LogP contribution in [0.1, 0.15) is 13.3 Å². The van der Waals surface area contributed by atoms with Crippen molar-refractivity contribution in [1.29, 1.82) is 0 Å². The van der Waals surface area contributed by atoms with E-state index in [-0.39, 0.29) is 12.6 Å². The minimum Gasteiger partial charge on any atom is -0.395 e. The summed E-state index contributed by atoms with van der Waals surface area (Å²) in [7, 11) is 0. The molecule has 0 spiro atoms. The van der Waals surface area contributed by atoms with Crippen molar-refractivity contribution in [1.82, 2.24) is 20.1 Å². The third kappa shape index (κ3) is 3.52. The smallest absolute Gasteiger partial charge is 0.137 e. The van der Waals surface area contributed by atoms with Gasteiger partial charge in [0.15, 0.2) is 0 Å². The first-order chi connectivity index (χ1) is 6.36. The fraction of sp³-hybridized carbons (Fsp3) is 0.750. The van der Waals surface area contributed by atoms with Crippen molar-refractivity contribution < 1.29 is 5.11 Å². The van der Waals surface area contributed by atoms with Crippen LogP contribution in [-0.4, -0.2) is 39.1 Å². The lowest BCUT2D eigenvalue weighted by Gasteiger charge is -2.14. The average Bonchev–Trinajstić information content (AvgIpc) is 2.64. The zero-order valence-electron chi connectivity index (χ0n) is 7.85. The molecule has 74 valence electrons. The molecule has 0 saturated heterocycles. The number of hydrogen-bond acceptors (Lipinski definition) is 4. The lowest BCUT2D eigenvalue weighted by molar-refractivity contribution is 0.232. The molecular weight excluding hydrogens is 168 g/mol. The van der Waals surface area contributed by atoms with Crippen LogP contribution in [0.5, 0.6) is 0 Å². The van der Waals surface area contributed by atoms with E-state index in [2.05, 4.69) is 15.4 Å². The first kappa shape index (κ1) is 10.1. The van der Waals surface area contributed by atoms with Gasteiger partial charge < -0.3 is 10.4 Å². The Hall–Kier alpha value is -0.940. The molecule has 2 N–H and O–H groups in total. The second-order valence-corrected chi connectivity index (χ2v) is 2.88. The van der Waals surface area contributed by atoms with Crippen LogP contribution in [0.2, 0.25) is 0 Å². The predicted octanol–water partition coefficient (Wildman–Crippen LogP) is -0.361. The fourth-order valence-electron chi connectivity index (χ4n) is 1.18. The molecular formula is C8H16N4O. The molecule has 0 radical (unpaired) electrons. The summed E-state index contributed by atoms with van der Waals surface area (Å²) in [5.74, 6) is 0. The molecule has 0 aliphatic heterocycles. The second kappa shape index (κ2) is 5.66. The van der Waals surface area contributed by atoms with E-state index in [0.717, 1.165) is 19.5 Å². The Kier molecular flexibility index (Phi) is 4.42. The molecule has 0 aliphatic carbocycles. The SMILES string of the molecule is CCNC(CO)CCn1cncn1. The summed E-state index contributed by atoms with van der Waals surface area (Å²) in [4.78, 5) is 3.84. The number of likely N-dealkylation sites (N-methyl/N-ethyl adjacent to an activating group) is 1. The maximum atomic E-state index is 8.98. The summed E-state index contributed by atoms with van der Waals surface area (Å²) in [5, 5.41) is 16.1. The predicted molar refractivity (Wildman–Crippen MR) is 49.2 cm³/mol. The van der Waals surface area contributed by atoms with Gasteiger partial charge in [0.1, 0.15) is 12.7 Å². The lowest BCUT2D eigenvalue weighted by atomic mass is 10.2. The van der Waals surface area contributed by atoms with Gasteiger partial charge in [-0.15, -0.1) is 0 Å². The van der Waals surface area contributed by atoms with Gasteiger partial charge in [0.2, 0.25) is 0 Å². The van der Waals surface area contributed by atoms with Crippen LogP contribution >= 0.6 is 0 Å². The van der Waals surface area contributed by atoms with E-state index in [1.807, 2.05) is 6.92 Å². The maximum Gasteiger partial charge on any atom is 0.137 e. The van der Waals surface area contributed by atoms with Crippen LogP contribution in [0.4, 0.5) is 0 Å². The monoisotopic (exact) mass is 184 g/mol. The number of hydrogen-bond donors (Lipinski definition) is 2. The van der Waals surface area contributed by atoms with E-state index in [4.69, 9.17) is 5.11 Å². The van der Waals surface area contributed by atoms with Crippen molar-refractivity contribution in [2.24, 2.45) is 0 Å². The molecule has 1 aromatic rings. The Morgan fingerprint density at radius 2 is 2.46 bits per heavy atom. The second-order valence-electron chi connectivity index (χ2n) is 2.88. The van der Waals surface area contributed by atoms with Crippen LogP contribution in [-0.2, 0) is 6.54 Å². The van der Waals surface area contributed by atoms with Gasteiger partial charge in [-0.3, -0.25) is 4.68 Å². The van der Waals surface area contributed by atoms with Gasteiger partial charge in [-0.2, -0.15) is 5.10 Å². The standard InChI is InChI=1S/C8H16N4O/c1-2-10-8(5-13)3-4-12-7-9-6-11-12/h6-8,10,13H,2-5H2,1H3. The molecule has 0 fully saturated rings. The van der Waals surface area contributed by atoms with E-state index in [1.54, 1.807) is 11.0 Å². The highest BCUT2D eigenvalue weighted by Gasteiger charge is 2.04. The highest BCUT2D eigenvalue weighted by molar-refractivity contribution is 4.65.